The van der Waals surface area contributed by atoms with E-state index in [0.29, 0.717) is 25.1 Å². The van der Waals surface area contributed by atoms with E-state index in [4.69, 9.17) is 0 Å². The van der Waals surface area contributed by atoms with Crippen LogP contribution in [-0.4, -0.2) is 27.4 Å². The first-order valence-electron chi connectivity index (χ1n) is 8.86. The Labute approximate surface area is 159 Å². The number of sulfonamides is 1. The average molecular weight is 382 g/mol. The Morgan fingerprint density at radius 3 is 2.48 bits per heavy atom. The van der Waals surface area contributed by atoms with Gasteiger partial charge in [-0.3, -0.25) is 4.79 Å². The van der Waals surface area contributed by atoms with E-state index in [9.17, 15) is 13.2 Å². The van der Waals surface area contributed by atoms with Crippen LogP contribution in [0.2, 0.25) is 0 Å². The molecule has 0 saturated carbocycles. The number of hydrogen-bond donors (Lipinski definition) is 2. The topological polar surface area (TPSA) is 75.3 Å². The van der Waals surface area contributed by atoms with Crippen molar-refractivity contribution >= 4 is 26.7 Å². The molecule has 0 aliphatic heterocycles. The predicted octanol–water partition coefficient (Wildman–Crippen LogP) is 3.11. The molecule has 6 heteroatoms. The van der Waals surface area contributed by atoms with E-state index in [1.165, 1.54) is 0 Å². The molecule has 0 aliphatic carbocycles. The maximum Gasteiger partial charge on any atom is 0.251 e. The molecule has 27 heavy (non-hydrogen) atoms. The van der Waals surface area contributed by atoms with E-state index >= 15 is 0 Å². The molecule has 0 fully saturated rings. The number of rotatable bonds is 7. The molecule has 0 heterocycles. The Hall–Kier alpha value is -2.70. The Morgan fingerprint density at radius 2 is 1.74 bits per heavy atom. The Morgan fingerprint density at radius 1 is 0.963 bits per heavy atom. The maximum atomic E-state index is 12.3. The first-order valence-corrected chi connectivity index (χ1v) is 10.3. The van der Waals surface area contributed by atoms with E-state index in [2.05, 4.69) is 10.0 Å². The monoisotopic (exact) mass is 382 g/mol. The van der Waals surface area contributed by atoms with Gasteiger partial charge in [-0.15, -0.1) is 0 Å². The second-order valence-electron chi connectivity index (χ2n) is 6.17. The third-order valence-corrected chi connectivity index (χ3v) is 5.85. The molecule has 3 aromatic carbocycles. The van der Waals surface area contributed by atoms with Crippen molar-refractivity contribution in [1.29, 1.82) is 0 Å². The minimum absolute atomic E-state index is 0.119. The van der Waals surface area contributed by atoms with Crippen LogP contribution in [0.3, 0.4) is 0 Å². The number of amides is 1. The number of fused-ring (bicyclic) bond motifs is 1. The molecule has 0 aromatic heterocycles. The van der Waals surface area contributed by atoms with Crippen LogP contribution in [0.25, 0.3) is 10.8 Å². The number of benzene rings is 3. The lowest BCUT2D eigenvalue weighted by atomic mass is 10.0. The lowest BCUT2D eigenvalue weighted by Crippen LogP contribution is -2.25. The Bertz CT molecular complexity index is 1050. The fourth-order valence-electron chi connectivity index (χ4n) is 2.98. The van der Waals surface area contributed by atoms with E-state index in [1.807, 2.05) is 42.5 Å². The quantitative estimate of drug-likeness (QED) is 0.659. The molecule has 140 valence electrons. The maximum absolute atomic E-state index is 12.3. The summed E-state index contributed by atoms with van der Waals surface area (Å²) in [7, 11) is -3.51. The summed E-state index contributed by atoms with van der Waals surface area (Å²) in [6, 6.07) is 20.0. The van der Waals surface area contributed by atoms with E-state index in [0.717, 1.165) is 16.3 Å². The molecule has 2 N–H and O–H groups in total. The molecule has 0 radical (unpaired) electrons. The van der Waals surface area contributed by atoms with E-state index in [-0.39, 0.29) is 10.8 Å². The summed E-state index contributed by atoms with van der Waals surface area (Å²) in [5.74, 6) is -0.119. The summed E-state index contributed by atoms with van der Waals surface area (Å²) in [5.41, 5.74) is 1.61. The number of hydrogen-bond acceptors (Lipinski definition) is 3. The van der Waals surface area contributed by atoms with Gasteiger partial charge in [0.1, 0.15) is 0 Å². The Balaban J connectivity index is 1.79. The summed E-state index contributed by atoms with van der Waals surface area (Å²) in [5, 5.41) is 4.76. The van der Waals surface area contributed by atoms with Crippen molar-refractivity contribution in [3.63, 3.8) is 0 Å². The van der Waals surface area contributed by atoms with Gasteiger partial charge in [-0.25, -0.2) is 13.1 Å². The van der Waals surface area contributed by atoms with Gasteiger partial charge in [0.15, 0.2) is 0 Å². The molecule has 3 aromatic rings. The van der Waals surface area contributed by atoms with Crippen LogP contribution < -0.4 is 10.0 Å². The minimum Gasteiger partial charge on any atom is -0.352 e. The van der Waals surface area contributed by atoms with Crippen LogP contribution in [0.4, 0.5) is 0 Å². The molecule has 0 atom stereocenters. The van der Waals surface area contributed by atoms with Crippen LogP contribution in [0, 0.1) is 0 Å². The zero-order valence-electron chi connectivity index (χ0n) is 15.1. The highest BCUT2D eigenvalue weighted by molar-refractivity contribution is 7.89. The lowest BCUT2D eigenvalue weighted by Gasteiger charge is -2.10. The summed E-state index contributed by atoms with van der Waals surface area (Å²) in [6.07, 6.45) is 0.612. The van der Waals surface area contributed by atoms with Gasteiger partial charge < -0.3 is 5.32 Å². The van der Waals surface area contributed by atoms with E-state index < -0.39 is 10.0 Å². The van der Waals surface area contributed by atoms with Gasteiger partial charge in [-0.2, -0.15) is 0 Å². The molecular weight excluding hydrogens is 360 g/mol. The van der Waals surface area contributed by atoms with Crippen molar-refractivity contribution < 1.29 is 13.2 Å². The molecule has 0 spiro atoms. The zero-order chi connectivity index (χ0) is 19.3. The highest BCUT2D eigenvalue weighted by atomic mass is 32.2. The summed E-state index contributed by atoms with van der Waals surface area (Å²) in [4.78, 5) is 12.4. The minimum atomic E-state index is -3.51. The third-order valence-electron chi connectivity index (χ3n) is 4.30. The normalized spacial score (nSPS) is 11.4. The molecule has 0 bridgehead atoms. The fraction of sp³-hybridized carbons (Fsp3) is 0.190. The van der Waals surface area contributed by atoms with Crippen LogP contribution in [0.15, 0.2) is 71.6 Å². The van der Waals surface area contributed by atoms with Crippen molar-refractivity contribution in [2.24, 2.45) is 0 Å². The van der Waals surface area contributed by atoms with Crippen molar-refractivity contribution in [2.45, 2.75) is 18.2 Å². The fourth-order valence-corrected chi connectivity index (χ4v) is 4.04. The van der Waals surface area contributed by atoms with Gasteiger partial charge >= 0.3 is 0 Å². The van der Waals surface area contributed by atoms with Gasteiger partial charge in [0.2, 0.25) is 10.0 Å². The molecule has 3 rings (SSSR count). The molecule has 0 unspecified atom stereocenters. The summed E-state index contributed by atoms with van der Waals surface area (Å²) < 4.78 is 27.1. The lowest BCUT2D eigenvalue weighted by molar-refractivity contribution is 0.0954. The van der Waals surface area contributed by atoms with Gasteiger partial charge in [0.25, 0.3) is 5.91 Å². The zero-order valence-corrected chi connectivity index (χ0v) is 15.9. The number of nitrogens with one attached hydrogen (secondary N) is 2. The highest BCUT2D eigenvalue weighted by Gasteiger charge is 2.14. The Kier molecular flexibility index (Phi) is 5.88. The standard InChI is InChI=1S/C21H22N2O3S/c1-2-23-27(25,26)19-12-11-16-9-6-10-17(20(16)15-19)13-14-22-21(24)18-7-4-3-5-8-18/h3-12,15,23H,2,13-14H2,1H3,(H,22,24). The van der Waals surface area contributed by atoms with Gasteiger partial charge in [-0.05, 0) is 47.0 Å². The first-order chi connectivity index (χ1) is 13.0. The van der Waals surface area contributed by atoms with E-state index in [1.54, 1.807) is 31.2 Å². The number of carbonyl (C=O) groups excluding carboxylic acids is 1. The van der Waals surface area contributed by atoms with Crippen LogP contribution >= 0.6 is 0 Å². The molecule has 0 aliphatic rings. The van der Waals surface area contributed by atoms with Gasteiger partial charge in [0, 0.05) is 18.7 Å². The van der Waals surface area contributed by atoms with Crippen LogP contribution in [-0.2, 0) is 16.4 Å². The van der Waals surface area contributed by atoms with Crippen LogP contribution in [0.5, 0.6) is 0 Å². The second-order valence-corrected chi connectivity index (χ2v) is 7.94. The van der Waals surface area contributed by atoms with Gasteiger partial charge in [-0.1, -0.05) is 49.4 Å². The van der Waals surface area contributed by atoms with Crippen molar-refractivity contribution in [1.82, 2.24) is 10.0 Å². The molecule has 5 nitrogen and oxygen atoms in total. The predicted molar refractivity (Wildman–Crippen MR) is 107 cm³/mol. The largest absolute Gasteiger partial charge is 0.352 e. The van der Waals surface area contributed by atoms with Gasteiger partial charge in [0.05, 0.1) is 4.90 Å². The SMILES string of the molecule is CCNS(=O)(=O)c1ccc2cccc(CCNC(=O)c3ccccc3)c2c1. The summed E-state index contributed by atoms with van der Waals surface area (Å²) >= 11 is 0. The summed E-state index contributed by atoms with van der Waals surface area (Å²) in [6.45, 7) is 2.56. The first kappa shape index (κ1) is 19.1. The van der Waals surface area contributed by atoms with Crippen molar-refractivity contribution in [2.75, 3.05) is 13.1 Å². The van der Waals surface area contributed by atoms with Crippen molar-refractivity contribution in [3.8, 4) is 0 Å². The van der Waals surface area contributed by atoms with Crippen molar-refractivity contribution in [3.05, 3.63) is 77.9 Å². The number of carbonyl (C=O) groups is 1. The average Bonchev–Trinajstić information content (AvgIpc) is 2.68. The second kappa shape index (κ2) is 8.33. The highest BCUT2D eigenvalue weighted by Crippen LogP contribution is 2.23. The molecule has 1 amide bonds. The third kappa shape index (κ3) is 4.53. The molecule has 0 saturated heterocycles. The molecular formula is C21H22N2O3S. The smallest absolute Gasteiger partial charge is 0.251 e. The van der Waals surface area contributed by atoms with Crippen LogP contribution in [0.1, 0.15) is 22.8 Å².